The van der Waals surface area contributed by atoms with E-state index in [1.54, 1.807) is 12.3 Å². The molecule has 1 N–H and O–H groups in total. The quantitative estimate of drug-likeness (QED) is 0.917. The van der Waals surface area contributed by atoms with Gasteiger partial charge < -0.3 is 9.73 Å². The van der Waals surface area contributed by atoms with Gasteiger partial charge in [0.05, 0.1) is 30.8 Å². The second-order valence-electron chi connectivity index (χ2n) is 6.19. The number of amides is 1. The topological polar surface area (TPSA) is 69.3 Å². The SMILES string of the molecule is N#CC1(c2ccccc2)CCN(CC(=O)NCc2ccco2)CC1. The largest absolute Gasteiger partial charge is 0.467 e. The summed E-state index contributed by atoms with van der Waals surface area (Å²) in [5.74, 6) is 0.727. The fourth-order valence-electron chi connectivity index (χ4n) is 3.17. The van der Waals surface area contributed by atoms with Crippen molar-refractivity contribution in [3.63, 3.8) is 0 Å². The van der Waals surface area contributed by atoms with Gasteiger partial charge in [0.1, 0.15) is 5.76 Å². The Balaban J connectivity index is 1.51. The predicted octanol–water partition coefficient (Wildman–Crippen LogP) is 2.45. The van der Waals surface area contributed by atoms with Crippen LogP contribution < -0.4 is 5.32 Å². The van der Waals surface area contributed by atoms with Crippen molar-refractivity contribution in [1.29, 1.82) is 5.26 Å². The van der Waals surface area contributed by atoms with Crippen molar-refractivity contribution in [1.82, 2.24) is 10.2 Å². The molecular weight excluding hydrogens is 302 g/mol. The molecule has 124 valence electrons. The summed E-state index contributed by atoms with van der Waals surface area (Å²) in [6.45, 7) is 2.26. The van der Waals surface area contributed by atoms with Gasteiger partial charge in [-0.05, 0) is 30.5 Å². The highest BCUT2D eigenvalue weighted by molar-refractivity contribution is 5.77. The number of nitriles is 1. The van der Waals surface area contributed by atoms with Gasteiger partial charge in [0.15, 0.2) is 0 Å². The molecule has 0 saturated carbocycles. The lowest BCUT2D eigenvalue weighted by Gasteiger charge is -2.37. The van der Waals surface area contributed by atoms with Crippen LogP contribution in [0.5, 0.6) is 0 Å². The maximum absolute atomic E-state index is 12.0. The zero-order valence-corrected chi connectivity index (χ0v) is 13.6. The summed E-state index contributed by atoms with van der Waals surface area (Å²) in [4.78, 5) is 14.2. The molecule has 1 fully saturated rings. The molecule has 0 unspecified atom stereocenters. The molecule has 1 aliphatic rings. The molecule has 1 amide bonds. The van der Waals surface area contributed by atoms with Crippen molar-refractivity contribution >= 4 is 5.91 Å². The fraction of sp³-hybridized carbons (Fsp3) is 0.368. The standard InChI is InChI=1S/C19H21N3O2/c20-15-19(16-5-2-1-3-6-16)8-10-22(11-9-19)14-18(23)21-13-17-7-4-12-24-17/h1-7,12H,8-11,13-14H2,(H,21,23). The Morgan fingerprint density at radius 1 is 1.21 bits per heavy atom. The smallest absolute Gasteiger partial charge is 0.234 e. The molecule has 24 heavy (non-hydrogen) atoms. The summed E-state index contributed by atoms with van der Waals surface area (Å²) < 4.78 is 5.20. The second kappa shape index (κ2) is 7.33. The van der Waals surface area contributed by atoms with E-state index in [4.69, 9.17) is 4.42 Å². The number of rotatable bonds is 5. The molecule has 0 spiro atoms. The molecule has 2 aromatic rings. The number of benzene rings is 1. The van der Waals surface area contributed by atoms with Gasteiger partial charge in [0.2, 0.25) is 5.91 Å². The van der Waals surface area contributed by atoms with Gasteiger partial charge >= 0.3 is 0 Å². The summed E-state index contributed by atoms with van der Waals surface area (Å²) >= 11 is 0. The minimum absolute atomic E-state index is 0.0180. The first-order valence-corrected chi connectivity index (χ1v) is 8.20. The van der Waals surface area contributed by atoms with Crippen LogP contribution in [0.3, 0.4) is 0 Å². The average molecular weight is 323 g/mol. The molecule has 3 rings (SSSR count). The maximum atomic E-state index is 12.0. The Bertz CT molecular complexity index is 696. The van der Waals surface area contributed by atoms with Crippen LogP contribution in [0.4, 0.5) is 0 Å². The number of carbonyl (C=O) groups excluding carboxylic acids is 1. The van der Waals surface area contributed by atoms with Gasteiger partial charge in [-0.15, -0.1) is 0 Å². The van der Waals surface area contributed by atoms with E-state index in [9.17, 15) is 10.1 Å². The number of hydrogen-bond acceptors (Lipinski definition) is 4. The van der Waals surface area contributed by atoms with Gasteiger partial charge in [-0.2, -0.15) is 5.26 Å². The third kappa shape index (κ3) is 3.66. The molecule has 2 heterocycles. The van der Waals surface area contributed by atoms with Crippen LogP contribution in [0.1, 0.15) is 24.2 Å². The number of carbonyl (C=O) groups is 1. The van der Waals surface area contributed by atoms with Crippen molar-refractivity contribution < 1.29 is 9.21 Å². The van der Waals surface area contributed by atoms with Crippen molar-refractivity contribution in [3.05, 3.63) is 60.1 Å². The van der Waals surface area contributed by atoms with Crippen molar-refractivity contribution in [2.75, 3.05) is 19.6 Å². The van der Waals surface area contributed by atoms with Gasteiger partial charge in [-0.1, -0.05) is 30.3 Å². The summed E-state index contributed by atoms with van der Waals surface area (Å²) in [6.07, 6.45) is 3.09. The molecule has 1 saturated heterocycles. The lowest BCUT2D eigenvalue weighted by atomic mass is 9.74. The number of hydrogen-bond donors (Lipinski definition) is 1. The Morgan fingerprint density at radius 2 is 1.96 bits per heavy atom. The van der Waals surface area contributed by atoms with E-state index in [2.05, 4.69) is 16.3 Å². The van der Waals surface area contributed by atoms with E-state index in [-0.39, 0.29) is 5.91 Å². The van der Waals surface area contributed by atoms with Crippen LogP contribution in [0.15, 0.2) is 53.1 Å². The van der Waals surface area contributed by atoms with Crippen LogP contribution in [0.25, 0.3) is 0 Å². The van der Waals surface area contributed by atoms with E-state index < -0.39 is 5.41 Å². The first-order chi connectivity index (χ1) is 11.7. The molecule has 0 radical (unpaired) electrons. The number of piperidine rings is 1. The minimum Gasteiger partial charge on any atom is -0.467 e. The van der Waals surface area contributed by atoms with Crippen molar-refractivity contribution in [2.24, 2.45) is 0 Å². The van der Waals surface area contributed by atoms with Crippen LogP contribution in [-0.2, 0) is 16.8 Å². The third-order valence-electron chi connectivity index (χ3n) is 4.66. The number of likely N-dealkylation sites (tertiary alicyclic amines) is 1. The van der Waals surface area contributed by atoms with E-state index >= 15 is 0 Å². The van der Waals surface area contributed by atoms with Gasteiger partial charge in [-0.3, -0.25) is 9.69 Å². The van der Waals surface area contributed by atoms with Crippen LogP contribution in [-0.4, -0.2) is 30.4 Å². The van der Waals surface area contributed by atoms with Crippen molar-refractivity contribution in [2.45, 2.75) is 24.8 Å². The Hall–Kier alpha value is -2.58. The zero-order valence-electron chi connectivity index (χ0n) is 13.6. The maximum Gasteiger partial charge on any atom is 0.234 e. The molecule has 0 aliphatic carbocycles. The highest BCUT2D eigenvalue weighted by atomic mass is 16.3. The summed E-state index contributed by atoms with van der Waals surface area (Å²) in [5.41, 5.74) is 0.650. The van der Waals surface area contributed by atoms with E-state index in [0.29, 0.717) is 13.1 Å². The van der Waals surface area contributed by atoms with Gasteiger partial charge in [0, 0.05) is 13.1 Å². The molecule has 1 aromatic heterocycles. The molecule has 5 nitrogen and oxygen atoms in total. The van der Waals surface area contributed by atoms with E-state index in [1.807, 2.05) is 36.4 Å². The first kappa shape index (κ1) is 16.3. The molecule has 0 bridgehead atoms. The molecule has 0 atom stereocenters. The number of nitrogens with zero attached hydrogens (tertiary/aromatic N) is 2. The first-order valence-electron chi connectivity index (χ1n) is 8.20. The lowest BCUT2D eigenvalue weighted by molar-refractivity contribution is -0.122. The van der Waals surface area contributed by atoms with E-state index in [0.717, 1.165) is 37.3 Å². The summed E-state index contributed by atoms with van der Waals surface area (Å²) in [7, 11) is 0. The minimum atomic E-state index is -0.428. The highest BCUT2D eigenvalue weighted by Crippen LogP contribution is 2.34. The Kier molecular flexibility index (Phi) is 4.97. The lowest BCUT2D eigenvalue weighted by Crippen LogP contribution is -2.45. The average Bonchev–Trinajstić information content (AvgIpc) is 3.15. The summed E-state index contributed by atoms with van der Waals surface area (Å²) in [6, 6.07) is 16.1. The molecule has 5 heteroatoms. The Morgan fingerprint density at radius 3 is 2.58 bits per heavy atom. The molecular formula is C19H21N3O2. The van der Waals surface area contributed by atoms with Crippen LogP contribution in [0.2, 0.25) is 0 Å². The predicted molar refractivity (Wildman–Crippen MR) is 90.0 cm³/mol. The monoisotopic (exact) mass is 323 g/mol. The van der Waals surface area contributed by atoms with Crippen LogP contribution >= 0.6 is 0 Å². The second-order valence-corrected chi connectivity index (χ2v) is 6.19. The fourth-order valence-corrected chi connectivity index (χ4v) is 3.17. The third-order valence-corrected chi connectivity index (χ3v) is 4.66. The highest BCUT2D eigenvalue weighted by Gasteiger charge is 2.36. The Labute approximate surface area is 141 Å². The molecule has 1 aliphatic heterocycles. The van der Waals surface area contributed by atoms with E-state index in [1.165, 1.54) is 0 Å². The van der Waals surface area contributed by atoms with Crippen LogP contribution in [0, 0.1) is 11.3 Å². The zero-order chi connectivity index (χ0) is 16.8. The summed E-state index contributed by atoms with van der Waals surface area (Å²) in [5, 5.41) is 12.6. The van der Waals surface area contributed by atoms with Crippen molar-refractivity contribution in [3.8, 4) is 6.07 Å². The number of nitrogens with one attached hydrogen (secondary N) is 1. The molecule has 1 aromatic carbocycles. The van der Waals surface area contributed by atoms with Gasteiger partial charge in [-0.25, -0.2) is 0 Å². The number of furan rings is 1. The van der Waals surface area contributed by atoms with Gasteiger partial charge in [0.25, 0.3) is 0 Å². The normalized spacial score (nSPS) is 17.1.